The predicted octanol–water partition coefficient (Wildman–Crippen LogP) is 4.27. The van der Waals surface area contributed by atoms with Gasteiger partial charge < -0.3 is 15.4 Å². The number of nitrogens with zero attached hydrogens (tertiary/aromatic N) is 1. The molecule has 0 unspecified atom stereocenters. The monoisotopic (exact) mass is 448 g/mol. The average molecular weight is 449 g/mol. The van der Waals surface area contributed by atoms with Crippen molar-refractivity contribution in [1.82, 2.24) is 4.90 Å². The quantitative estimate of drug-likeness (QED) is 0.682. The van der Waals surface area contributed by atoms with Crippen LogP contribution in [0.15, 0.2) is 24.3 Å². The van der Waals surface area contributed by atoms with Crippen LogP contribution in [0.1, 0.15) is 46.1 Å². The van der Waals surface area contributed by atoms with E-state index >= 15 is 0 Å². The van der Waals surface area contributed by atoms with Gasteiger partial charge in [0.05, 0.1) is 6.04 Å². The molecule has 1 fully saturated rings. The van der Waals surface area contributed by atoms with Crippen molar-refractivity contribution in [2.45, 2.75) is 58.4 Å². The van der Waals surface area contributed by atoms with Crippen LogP contribution in [0.4, 0.5) is 13.2 Å². The lowest BCUT2D eigenvalue weighted by Gasteiger charge is -2.53. The van der Waals surface area contributed by atoms with Crippen molar-refractivity contribution in [3.8, 4) is 0 Å². The number of hydrogen-bond acceptors (Lipinski definition) is 4. The number of carbonyl (C=O) groups is 2. The highest BCUT2D eigenvalue weighted by Crippen LogP contribution is 2.50. The molecule has 1 saturated heterocycles. The molecule has 5 nitrogen and oxygen atoms in total. The molecule has 0 saturated carbocycles. The van der Waals surface area contributed by atoms with Crippen LogP contribution in [0.5, 0.6) is 0 Å². The third kappa shape index (κ3) is 4.75. The molecule has 1 heterocycles. The van der Waals surface area contributed by atoms with Crippen molar-refractivity contribution in [2.24, 2.45) is 17.1 Å². The topological polar surface area (TPSA) is 72.6 Å². The highest BCUT2D eigenvalue weighted by Gasteiger charge is 2.57. The third-order valence-electron chi connectivity index (χ3n) is 6.08. The van der Waals surface area contributed by atoms with Crippen LogP contribution < -0.4 is 5.73 Å². The van der Waals surface area contributed by atoms with E-state index < -0.39 is 29.2 Å². The maximum atomic E-state index is 13.1. The van der Waals surface area contributed by atoms with E-state index in [0.29, 0.717) is 10.6 Å². The SMILES string of the molecule is CC[C@H](C)[C@@H](N)C(=O)N1CC[C@](OC(=O)C(F)(F)F)(c2ccc(Cl)cc2)C(C)(C)C1. The van der Waals surface area contributed by atoms with Crippen molar-refractivity contribution in [3.63, 3.8) is 0 Å². The lowest BCUT2D eigenvalue weighted by atomic mass is 9.66. The molecule has 168 valence electrons. The molecule has 9 heteroatoms. The molecule has 1 aliphatic heterocycles. The van der Waals surface area contributed by atoms with Gasteiger partial charge in [-0.05, 0) is 23.6 Å². The van der Waals surface area contributed by atoms with Gasteiger partial charge in [0.15, 0.2) is 0 Å². The standard InChI is InChI=1S/C21H28ClF3N2O3/c1-5-13(2)16(26)17(28)27-11-10-20(19(3,4)12-27,30-18(29)21(23,24)25)14-6-8-15(22)9-7-14/h6-9,13,16H,5,10-12,26H2,1-4H3/t13-,16+,20-/m0/s1. The molecule has 30 heavy (non-hydrogen) atoms. The fourth-order valence-electron chi connectivity index (χ4n) is 3.93. The lowest BCUT2D eigenvalue weighted by molar-refractivity contribution is -0.234. The predicted molar refractivity (Wildman–Crippen MR) is 108 cm³/mol. The number of piperidine rings is 1. The van der Waals surface area contributed by atoms with E-state index in [1.165, 1.54) is 12.1 Å². The second-order valence-electron chi connectivity index (χ2n) is 8.53. The first-order valence-corrected chi connectivity index (χ1v) is 10.2. The van der Waals surface area contributed by atoms with Crippen LogP contribution in [-0.4, -0.2) is 42.1 Å². The van der Waals surface area contributed by atoms with Gasteiger partial charge in [-0.25, -0.2) is 4.79 Å². The molecule has 0 spiro atoms. The molecule has 0 aliphatic carbocycles. The second-order valence-corrected chi connectivity index (χ2v) is 8.96. The molecular weight excluding hydrogens is 421 g/mol. The molecule has 2 N–H and O–H groups in total. The van der Waals surface area contributed by atoms with Gasteiger partial charge in [-0.2, -0.15) is 13.2 Å². The zero-order valence-electron chi connectivity index (χ0n) is 17.6. The summed E-state index contributed by atoms with van der Waals surface area (Å²) in [5, 5.41) is 0.404. The summed E-state index contributed by atoms with van der Waals surface area (Å²) in [6.45, 7) is 7.36. The van der Waals surface area contributed by atoms with E-state index in [0.717, 1.165) is 6.42 Å². The van der Waals surface area contributed by atoms with Crippen molar-refractivity contribution in [3.05, 3.63) is 34.9 Å². The minimum absolute atomic E-state index is 0.00240. The molecular formula is C21H28ClF3N2O3. The Labute approximate surface area is 179 Å². The summed E-state index contributed by atoms with van der Waals surface area (Å²) in [6.07, 6.45) is -4.41. The molecule has 0 aromatic heterocycles. The fourth-order valence-corrected chi connectivity index (χ4v) is 4.06. The van der Waals surface area contributed by atoms with Gasteiger partial charge in [-0.3, -0.25) is 4.79 Å². The van der Waals surface area contributed by atoms with E-state index in [-0.39, 0.29) is 31.3 Å². The highest BCUT2D eigenvalue weighted by molar-refractivity contribution is 6.30. The zero-order valence-corrected chi connectivity index (χ0v) is 18.3. The number of benzene rings is 1. The first-order chi connectivity index (χ1) is 13.7. The summed E-state index contributed by atoms with van der Waals surface area (Å²) in [4.78, 5) is 26.2. The molecule has 0 bridgehead atoms. The second kappa shape index (κ2) is 8.75. The summed E-state index contributed by atoms with van der Waals surface area (Å²) in [5.74, 6) is -2.56. The lowest BCUT2D eigenvalue weighted by Crippen LogP contribution is -2.61. The maximum absolute atomic E-state index is 13.1. The van der Waals surface area contributed by atoms with Gasteiger partial charge in [0.25, 0.3) is 0 Å². The van der Waals surface area contributed by atoms with Gasteiger partial charge >= 0.3 is 12.1 Å². The molecule has 3 atom stereocenters. The van der Waals surface area contributed by atoms with Crippen molar-refractivity contribution < 1.29 is 27.5 Å². The van der Waals surface area contributed by atoms with E-state index in [4.69, 9.17) is 22.1 Å². The van der Waals surface area contributed by atoms with Gasteiger partial charge in [-0.1, -0.05) is 57.8 Å². The Bertz CT molecular complexity index is 783. The Balaban J connectivity index is 2.43. The van der Waals surface area contributed by atoms with E-state index in [2.05, 4.69) is 0 Å². The van der Waals surface area contributed by atoms with Crippen LogP contribution >= 0.6 is 11.6 Å². The van der Waals surface area contributed by atoms with Crippen LogP contribution in [-0.2, 0) is 19.9 Å². The Morgan fingerprint density at radius 3 is 2.30 bits per heavy atom. The Hall–Kier alpha value is -1.80. The number of amides is 1. The molecule has 2 rings (SSSR count). The number of rotatable bonds is 5. The van der Waals surface area contributed by atoms with E-state index in [1.807, 2.05) is 13.8 Å². The van der Waals surface area contributed by atoms with Crippen LogP contribution in [0.2, 0.25) is 5.02 Å². The van der Waals surface area contributed by atoms with Crippen LogP contribution in [0.3, 0.4) is 0 Å². The largest absolute Gasteiger partial charge is 0.490 e. The molecule has 0 radical (unpaired) electrons. The first-order valence-electron chi connectivity index (χ1n) is 9.86. The van der Waals surface area contributed by atoms with Crippen molar-refractivity contribution in [2.75, 3.05) is 13.1 Å². The maximum Gasteiger partial charge on any atom is 0.490 e. The third-order valence-corrected chi connectivity index (χ3v) is 6.33. The van der Waals surface area contributed by atoms with Crippen LogP contribution in [0.25, 0.3) is 0 Å². The van der Waals surface area contributed by atoms with Gasteiger partial charge in [-0.15, -0.1) is 0 Å². The average Bonchev–Trinajstić information content (AvgIpc) is 2.67. The van der Waals surface area contributed by atoms with Crippen molar-refractivity contribution >= 4 is 23.5 Å². The summed E-state index contributed by atoms with van der Waals surface area (Å²) in [5.41, 5.74) is 3.88. The summed E-state index contributed by atoms with van der Waals surface area (Å²) >= 11 is 5.93. The highest BCUT2D eigenvalue weighted by atomic mass is 35.5. The number of alkyl halides is 3. The Morgan fingerprint density at radius 1 is 1.27 bits per heavy atom. The Morgan fingerprint density at radius 2 is 1.83 bits per heavy atom. The summed E-state index contributed by atoms with van der Waals surface area (Å²) in [7, 11) is 0. The van der Waals surface area contributed by atoms with E-state index in [1.54, 1.807) is 30.9 Å². The fraction of sp³-hybridized carbons (Fsp3) is 0.619. The number of nitrogens with two attached hydrogens (primary N) is 1. The first kappa shape index (κ1) is 24.5. The minimum atomic E-state index is -5.14. The van der Waals surface area contributed by atoms with Gasteiger partial charge in [0, 0.05) is 29.9 Å². The molecule has 1 aromatic carbocycles. The van der Waals surface area contributed by atoms with E-state index in [9.17, 15) is 22.8 Å². The van der Waals surface area contributed by atoms with Crippen molar-refractivity contribution in [1.29, 1.82) is 0 Å². The number of hydrogen-bond donors (Lipinski definition) is 1. The number of halogens is 4. The van der Waals surface area contributed by atoms with Gasteiger partial charge in [0.1, 0.15) is 5.60 Å². The van der Waals surface area contributed by atoms with Gasteiger partial charge in [0.2, 0.25) is 5.91 Å². The summed E-state index contributed by atoms with van der Waals surface area (Å²) in [6, 6.07) is 5.47. The normalized spacial score (nSPS) is 23.6. The zero-order chi connectivity index (χ0) is 22.9. The molecule has 1 aliphatic rings. The molecule has 1 aromatic rings. The summed E-state index contributed by atoms with van der Waals surface area (Å²) < 4.78 is 44.4. The number of ether oxygens (including phenoxy) is 1. The number of likely N-dealkylation sites (tertiary alicyclic amines) is 1. The smallest absolute Gasteiger partial charge is 0.447 e. The Kier molecular flexibility index (Phi) is 7.13. The molecule has 1 amide bonds. The van der Waals surface area contributed by atoms with Crippen LogP contribution in [0, 0.1) is 11.3 Å². The minimum Gasteiger partial charge on any atom is -0.447 e. The number of esters is 1. The number of carbonyl (C=O) groups excluding carboxylic acids is 2.